The van der Waals surface area contributed by atoms with Crippen molar-refractivity contribution in [2.45, 2.75) is 5.16 Å². The van der Waals surface area contributed by atoms with Crippen LogP contribution >= 0.6 is 11.8 Å². The minimum atomic E-state index is -0.00694. The Morgan fingerprint density at radius 3 is 1.58 bits per heavy atom. The number of methoxy groups -OCH3 is 2. The van der Waals surface area contributed by atoms with Crippen LogP contribution in [-0.2, 0) is 0 Å². The number of aromatic nitrogens is 3. The van der Waals surface area contributed by atoms with Crippen molar-refractivity contribution in [2.75, 3.05) is 20.5 Å². The Bertz CT molecular complexity index is 878. The third-order valence-corrected chi connectivity index (χ3v) is 4.24. The van der Waals surface area contributed by atoms with Gasteiger partial charge >= 0.3 is 0 Å². The Hall–Kier alpha value is -3.00. The molecule has 0 aliphatic rings. The van der Waals surface area contributed by atoms with Gasteiger partial charge in [0, 0.05) is 12.1 Å². The Morgan fingerprint density at radius 1 is 0.769 bits per heavy atom. The summed E-state index contributed by atoms with van der Waals surface area (Å²) in [6.45, 7) is 0. The van der Waals surface area contributed by atoms with E-state index in [0.29, 0.717) is 39.4 Å². The highest BCUT2D eigenvalue weighted by Gasteiger charge is 2.16. The van der Waals surface area contributed by atoms with Gasteiger partial charge in [0.15, 0.2) is 16.8 Å². The van der Waals surface area contributed by atoms with Gasteiger partial charge in [0.05, 0.1) is 25.3 Å². The smallest absolute Gasteiger partial charge is 0.191 e. The van der Waals surface area contributed by atoms with E-state index in [1.54, 1.807) is 24.3 Å². The number of ether oxygens (including phenoxy) is 2. The lowest BCUT2D eigenvalue weighted by Crippen LogP contribution is -1.99. The number of hydrogen-bond donors (Lipinski definition) is 2. The molecule has 0 fully saturated rings. The monoisotopic (exact) mass is 371 g/mol. The van der Waals surface area contributed by atoms with Crippen molar-refractivity contribution in [3.8, 4) is 45.8 Å². The van der Waals surface area contributed by atoms with Gasteiger partial charge in [0.1, 0.15) is 23.0 Å². The molecule has 8 heteroatoms. The fourth-order valence-electron chi connectivity index (χ4n) is 2.34. The number of phenols is 2. The predicted octanol–water partition coefficient (Wildman–Crippen LogP) is 3.36. The van der Waals surface area contributed by atoms with Gasteiger partial charge in [-0.25, -0.2) is 15.0 Å². The molecule has 0 unspecified atom stereocenters. The molecule has 134 valence electrons. The van der Waals surface area contributed by atoms with Gasteiger partial charge in [0.2, 0.25) is 0 Å². The van der Waals surface area contributed by atoms with E-state index in [1.807, 2.05) is 6.26 Å². The van der Waals surface area contributed by atoms with Crippen molar-refractivity contribution in [1.29, 1.82) is 0 Å². The number of phenolic OH excluding ortho intramolecular Hbond substituents is 2. The van der Waals surface area contributed by atoms with Crippen molar-refractivity contribution in [3.05, 3.63) is 36.4 Å². The lowest BCUT2D eigenvalue weighted by atomic mass is 10.1. The number of thioether (sulfide) groups is 1. The minimum absolute atomic E-state index is 0.00694. The predicted molar refractivity (Wildman–Crippen MR) is 98.9 cm³/mol. The highest BCUT2D eigenvalue weighted by atomic mass is 32.2. The second kappa shape index (κ2) is 7.49. The summed E-state index contributed by atoms with van der Waals surface area (Å²) in [4.78, 5) is 13.1. The van der Waals surface area contributed by atoms with E-state index in [0.717, 1.165) is 0 Å². The van der Waals surface area contributed by atoms with Gasteiger partial charge in [-0.1, -0.05) is 11.8 Å². The summed E-state index contributed by atoms with van der Waals surface area (Å²) < 4.78 is 10.2. The second-order valence-corrected chi connectivity index (χ2v) is 6.01. The van der Waals surface area contributed by atoms with E-state index in [4.69, 9.17) is 9.47 Å². The normalized spacial score (nSPS) is 10.6. The summed E-state index contributed by atoms with van der Waals surface area (Å²) in [6, 6.07) is 9.74. The molecule has 0 saturated heterocycles. The summed E-state index contributed by atoms with van der Waals surface area (Å²) >= 11 is 1.34. The molecule has 0 bridgehead atoms. The lowest BCUT2D eigenvalue weighted by Gasteiger charge is -2.10. The van der Waals surface area contributed by atoms with Crippen molar-refractivity contribution in [1.82, 2.24) is 15.0 Å². The zero-order valence-electron chi connectivity index (χ0n) is 14.4. The maximum absolute atomic E-state index is 10.3. The highest BCUT2D eigenvalue weighted by Crippen LogP contribution is 2.34. The number of rotatable bonds is 5. The van der Waals surface area contributed by atoms with Crippen molar-refractivity contribution < 1.29 is 19.7 Å². The molecule has 2 aromatic carbocycles. The van der Waals surface area contributed by atoms with Crippen LogP contribution in [0.15, 0.2) is 41.6 Å². The van der Waals surface area contributed by atoms with E-state index in [1.165, 1.54) is 38.1 Å². The molecular weight excluding hydrogens is 354 g/mol. The molecule has 0 aliphatic heterocycles. The molecule has 3 rings (SSSR count). The Balaban J connectivity index is 2.13. The zero-order valence-corrected chi connectivity index (χ0v) is 15.2. The molecule has 0 radical (unpaired) electrons. The molecule has 0 spiro atoms. The Morgan fingerprint density at radius 2 is 1.23 bits per heavy atom. The number of aromatic hydroxyl groups is 2. The summed E-state index contributed by atoms with van der Waals surface area (Å²) in [5, 5.41) is 21.0. The molecule has 0 saturated carbocycles. The van der Waals surface area contributed by atoms with Crippen LogP contribution in [0.4, 0.5) is 0 Å². The molecule has 1 heterocycles. The average molecular weight is 371 g/mol. The van der Waals surface area contributed by atoms with Gasteiger partial charge in [0.25, 0.3) is 0 Å². The number of hydrogen-bond acceptors (Lipinski definition) is 8. The van der Waals surface area contributed by atoms with Crippen LogP contribution in [-0.4, -0.2) is 45.6 Å². The van der Waals surface area contributed by atoms with E-state index in [-0.39, 0.29) is 11.5 Å². The van der Waals surface area contributed by atoms with Crippen molar-refractivity contribution >= 4 is 11.8 Å². The second-order valence-electron chi connectivity index (χ2n) is 5.24. The summed E-state index contributed by atoms with van der Waals surface area (Å²) in [5.41, 5.74) is 0.885. The third kappa shape index (κ3) is 3.50. The van der Waals surface area contributed by atoms with Crippen LogP contribution in [0.25, 0.3) is 22.8 Å². The molecular formula is C18H17N3O4S. The summed E-state index contributed by atoms with van der Waals surface area (Å²) in [7, 11) is 3.04. The van der Waals surface area contributed by atoms with Gasteiger partial charge in [-0.15, -0.1) is 0 Å². The topological polar surface area (TPSA) is 97.6 Å². The molecule has 0 atom stereocenters. The molecule has 26 heavy (non-hydrogen) atoms. The third-order valence-electron chi connectivity index (χ3n) is 3.69. The minimum Gasteiger partial charge on any atom is -0.507 e. The Labute approximate surface area is 154 Å². The first-order chi connectivity index (χ1) is 12.5. The fraction of sp³-hybridized carbons (Fsp3) is 0.167. The van der Waals surface area contributed by atoms with Crippen LogP contribution in [0.1, 0.15) is 0 Å². The molecule has 0 aliphatic carbocycles. The molecule has 1 aromatic heterocycles. The standard InChI is InChI=1S/C18H17N3O4S/c1-24-10-4-6-12(14(22)8-10)16-19-17(21-18(20-16)26-3)13-7-5-11(25-2)9-15(13)23/h4-9,22-23H,1-3H3. The van der Waals surface area contributed by atoms with E-state index >= 15 is 0 Å². The largest absolute Gasteiger partial charge is 0.507 e. The maximum atomic E-state index is 10.3. The van der Waals surface area contributed by atoms with Crippen LogP contribution in [0.3, 0.4) is 0 Å². The first-order valence-corrected chi connectivity index (χ1v) is 8.83. The van der Waals surface area contributed by atoms with Gasteiger partial charge in [-0.3, -0.25) is 0 Å². The average Bonchev–Trinajstić information content (AvgIpc) is 2.67. The van der Waals surface area contributed by atoms with Crippen LogP contribution < -0.4 is 9.47 Å². The lowest BCUT2D eigenvalue weighted by molar-refractivity contribution is 0.408. The van der Waals surface area contributed by atoms with Crippen LogP contribution in [0.2, 0.25) is 0 Å². The van der Waals surface area contributed by atoms with Gasteiger partial charge < -0.3 is 19.7 Å². The quantitative estimate of drug-likeness (QED) is 0.659. The first-order valence-electron chi connectivity index (χ1n) is 7.60. The van der Waals surface area contributed by atoms with E-state index < -0.39 is 0 Å². The Kier molecular flexibility index (Phi) is 5.13. The number of benzene rings is 2. The maximum Gasteiger partial charge on any atom is 0.191 e. The summed E-state index contributed by atoms with van der Waals surface area (Å²) in [6.07, 6.45) is 1.84. The molecule has 2 N–H and O–H groups in total. The zero-order chi connectivity index (χ0) is 18.7. The fourth-order valence-corrected chi connectivity index (χ4v) is 2.70. The number of nitrogens with zero attached hydrogens (tertiary/aromatic N) is 3. The van der Waals surface area contributed by atoms with Crippen LogP contribution in [0, 0.1) is 0 Å². The van der Waals surface area contributed by atoms with Gasteiger partial charge in [-0.05, 0) is 30.5 Å². The van der Waals surface area contributed by atoms with Gasteiger partial charge in [-0.2, -0.15) is 0 Å². The van der Waals surface area contributed by atoms with Crippen LogP contribution in [0.5, 0.6) is 23.0 Å². The molecule has 7 nitrogen and oxygen atoms in total. The SMILES string of the molecule is COc1ccc(-c2nc(SC)nc(-c3ccc(OC)cc3O)n2)c(O)c1. The van der Waals surface area contributed by atoms with E-state index in [2.05, 4.69) is 15.0 Å². The first kappa shape index (κ1) is 17.8. The van der Waals surface area contributed by atoms with Crippen molar-refractivity contribution in [2.24, 2.45) is 0 Å². The molecule has 3 aromatic rings. The van der Waals surface area contributed by atoms with Crippen molar-refractivity contribution in [3.63, 3.8) is 0 Å². The molecule has 0 amide bonds. The van der Waals surface area contributed by atoms with E-state index in [9.17, 15) is 10.2 Å². The summed E-state index contributed by atoms with van der Waals surface area (Å²) in [5.74, 6) is 1.64. The highest BCUT2D eigenvalue weighted by molar-refractivity contribution is 7.98.